The molecule has 0 radical (unpaired) electrons. The van der Waals surface area contributed by atoms with Crippen LogP contribution in [-0.2, 0) is 69.5 Å². The number of hydrogen-bond donors (Lipinski definition) is 4. The van der Waals surface area contributed by atoms with Crippen LogP contribution in [0.2, 0.25) is 0 Å². The molecule has 4 nitrogen and oxygen atoms in total. The van der Waals surface area contributed by atoms with E-state index in [1.165, 1.54) is 27.5 Å². The van der Waals surface area contributed by atoms with Crippen LogP contribution in [0.15, 0.2) is 109 Å². The minimum Gasteiger partial charge on any atom is -0.507 e. The van der Waals surface area contributed by atoms with Crippen LogP contribution in [0, 0.1) is 6.92 Å². The third-order valence-corrected chi connectivity index (χ3v) is 14.7. The number of hydrogen-bond acceptors (Lipinski definition) is 4. The van der Waals surface area contributed by atoms with Crippen molar-refractivity contribution in [2.24, 2.45) is 0 Å². The van der Waals surface area contributed by atoms with Crippen molar-refractivity contribution >= 4 is 10.8 Å². The zero-order valence-corrected chi connectivity index (χ0v) is 54.6. The molecular formula is C72H97O4Zr-. The van der Waals surface area contributed by atoms with Crippen LogP contribution in [0.4, 0.5) is 0 Å². The smallest absolute Gasteiger partial charge is 0.127 e. The van der Waals surface area contributed by atoms with Gasteiger partial charge < -0.3 is 20.4 Å². The summed E-state index contributed by atoms with van der Waals surface area (Å²) in [5.74, 6) is 1.04. The van der Waals surface area contributed by atoms with Gasteiger partial charge in [0.1, 0.15) is 23.0 Å². The van der Waals surface area contributed by atoms with Crippen molar-refractivity contribution in [3.05, 3.63) is 159 Å². The molecule has 7 aromatic rings. The van der Waals surface area contributed by atoms with Gasteiger partial charge in [-0.05, 0) is 95.4 Å². The van der Waals surface area contributed by atoms with Gasteiger partial charge in [-0.1, -0.05) is 239 Å². The van der Waals surface area contributed by atoms with E-state index in [9.17, 15) is 20.4 Å². The molecule has 5 heteroatoms. The third-order valence-electron chi connectivity index (χ3n) is 14.7. The summed E-state index contributed by atoms with van der Waals surface area (Å²) in [4.78, 5) is 0. The van der Waals surface area contributed by atoms with E-state index in [0.717, 1.165) is 44.5 Å². The van der Waals surface area contributed by atoms with E-state index >= 15 is 0 Å². The summed E-state index contributed by atoms with van der Waals surface area (Å²) < 4.78 is 0. The Morgan fingerprint density at radius 3 is 0.818 bits per heavy atom. The maximum Gasteiger partial charge on any atom is 0.127 e. The van der Waals surface area contributed by atoms with Crippen molar-refractivity contribution < 1.29 is 46.6 Å². The Bertz CT molecular complexity index is 2860. The number of fused-ring (bicyclic) bond motifs is 1. The average molecular weight is 1120 g/mol. The number of rotatable bonds is 3. The van der Waals surface area contributed by atoms with E-state index in [4.69, 9.17) is 0 Å². The minimum absolute atomic E-state index is 0. The number of aromatic hydroxyl groups is 4. The molecule has 0 atom stereocenters. The van der Waals surface area contributed by atoms with E-state index < -0.39 is 0 Å². The number of phenolic OH excluding ortho intramolecular Hbond substituents is 4. The molecule has 0 spiro atoms. The average Bonchev–Trinajstić information content (AvgIpc) is 3.65. The molecular weight excluding hydrogens is 1020 g/mol. The fourth-order valence-corrected chi connectivity index (χ4v) is 9.63. The maximum absolute atomic E-state index is 11.4. The molecule has 0 aliphatic heterocycles. The van der Waals surface area contributed by atoms with Crippen LogP contribution in [-0.4, -0.2) is 20.4 Å². The van der Waals surface area contributed by atoms with Crippen LogP contribution >= 0.6 is 0 Å². The second kappa shape index (κ2) is 22.6. The topological polar surface area (TPSA) is 80.9 Å². The normalized spacial score (nSPS) is 12.8. The Labute approximate surface area is 486 Å². The second-order valence-corrected chi connectivity index (χ2v) is 29.9. The molecule has 0 aliphatic carbocycles. The van der Waals surface area contributed by atoms with Gasteiger partial charge in [0.25, 0.3) is 0 Å². The molecule has 0 heterocycles. The number of benzene rings is 6. The number of aryl methyl sites for hydroxylation is 1. The first-order valence-electron chi connectivity index (χ1n) is 27.6. The van der Waals surface area contributed by atoms with E-state index in [0.29, 0.717) is 22.3 Å². The Morgan fingerprint density at radius 1 is 0.299 bits per heavy atom. The summed E-state index contributed by atoms with van der Waals surface area (Å²) in [7, 11) is 0. The fraction of sp³-hybridized carbons (Fsp3) is 0.458. The van der Waals surface area contributed by atoms with Crippen LogP contribution in [0.1, 0.15) is 216 Å². The van der Waals surface area contributed by atoms with Gasteiger partial charge in [-0.25, -0.2) is 0 Å². The summed E-state index contributed by atoms with van der Waals surface area (Å²) >= 11 is 0. The van der Waals surface area contributed by atoms with E-state index in [-0.39, 0.29) is 92.5 Å². The van der Waals surface area contributed by atoms with E-state index in [1.54, 1.807) is 0 Å². The van der Waals surface area contributed by atoms with Crippen molar-refractivity contribution in [2.45, 2.75) is 216 Å². The van der Waals surface area contributed by atoms with Crippen LogP contribution in [0.25, 0.3) is 44.2 Å². The first-order valence-corrected chi connectivity index (χ1v) is 27.6. The molecule has 0 amide bonds. The first-order chi connectivity index (χ1) is 34.3. The van der Waals surface area contributed by atoms with Crippen LogP contribution in [0.3, 0.4) is 0 Å². The molecule has 7 aromatic carbocycles. The molecule has 7 rings (SSSR count). The summed E-state index contributed by atoms with van der Waals surface area (Å²) in [6.45, 7) is 53.7. The molecule has 4 N–H and O–H groups in total. The fourth-order valence-electron chi connectivity index (χ4n) is 9.63. The van der Waals surface area contributed by atoms with E-state index in [2.05, 4.69) is 282 Å². The third kappa shape index (κ3) is 15.2. The summed E-state index contributed by atoms with van der Waals surface area (Å²) in [5.41, 5.74) is 13.8. The van der Waals surface area contributed by atoms with Crippen molar-refractivity contribution in [3.63, 3.8) is 0 Å². The Hall–Kier alpha value is -4.99. The van der Waals surface area contributed by atoms with Gasteiger partial charge in [0.2, 0.25) is 0 Å². The molecule has 0 bridgehead atoms. The second-order valence-electron chi connectivity index (χ2n) is 29.9. The molecule has 414 valence electrons. The van der Waals surface area contributed by atoms with Crippen LogP contribution in [0.5, 0.6) is 23.0 Å². The monoisotopic (exact) mass is 1120 g/mol. The largest absolute Gasteiger partial charge is 0.507 e. The van der Waals surface area contributed by atoms with Gasteiger partial charge in [-0.3, -0.25) is 0 Å². The molecule has 0 saturated heterocycles. The maximum atomic E-state index is 11.4. The Morgan fingerprint density at radius 2 is 0.571 bits per heavy atom. The van der Waals surface area contributed by atoms with Crippen molar-refractivity contribution in [1.29, 1.82) is 0 Å². The Kier molecular flexibility index (Phi) is 19.0. The molecule has 0 saturated carbocycles. The summed E-state index contributed by atoms with van der Waals surface area (Å²) in [6.07, 6.45) is 0. The first kappa shape index (κ1) is 64.5. The van der Waals surface area contributed by atoms with Gasteiger partial charge in [-0.2, -0.15) is 6.07 Å². The minimum atomic E-state index is -0.218. The van der Waals surface area contributed by atoms with Crippen molar-refractivity contribution in [3.8, 4) is 56.4 Å². The van der Waals surface area contributed by atoms with E-state index in [1.807, 2.05) is 0 Å². The van der Waals surface area contributed by atoms with Crippen LogP contribution < -0.4 is 0 Å². The predicted molar refractivity (Wildman–Crippen MR) is 330 cm³/mol. The zero-order chi connectivity index (χ0) is 57.9. The molecule has 0 aromatic heterocycles. The SMILES string of the molecule is CC(C)(C)c1cc(-c2cc(C(C)(C)C)cc(C(C)(C)C)c2O)c(O)c(C(C)(C)C)c1.CC(C)(C)c1cc(-c2cc(C(C)(C)C)cc(C(C)(C)C)c2O)c(O)c(C(C)(C)C)c1.Cc1cc2c(-c3ccccc3)cccc2[cH-]1.[Zr]. The summed E-state index contributed by atoms with van der Waals surface area (Å²) in [6, 6.07) is 38.2. The molecule has 0 unspecified atom stereocenters. The number of phenols is 4. The molecule has 0 fully saturated rings. The molecule has 0 aliphatic rings. The predicted octanol–water partition coefficient (Wildman–Crippen LogP) is 20.4. The van der Waals surface area contributed by atoms with Crippen molar-refractivity contribution in [1.82, 2.24) is 0 Å². The zero-order valence-electron chi connectivity index (χ0n) is 52.2. The quantitative estimate of drug-likeness (QED) is 0.133. The molecule has 77 heavy (non-hydrogen) atoms. The van der Waals surface area contributed by atoms with Gasteiger partial charge in [0, 0.05) is 70.7 Å². The van der Waals surface area contributed by atoms with Gasteiger partial charge in [0.15, 0.2) is 0 Å². The van der Waals surface area contributed by atoms with Gasteiger partial charge >= 0.3 is 0 Å². The Balaban J connectivity index is 0.000000258. The van der Waals surface area contributed by atoms with Gasteiger partial charge in [-0.15, -0.1) is 34.5 Å². The van der Waals surface area contributed by atoms with Gasteiger partial charge in [0.05, 0.1) is 0 Å². The standard InChI is InChI=1S/2C28H42O2.C16H13.Zr/c2*1-25(2,3)17-13-19(23(29)21(15-17)27(7,8)9)20-14-18(26(4,5)6)16-22(24(20)30)28(10,11)12;1-12-10-14-8-5-9-15(16(14)11-12)13-6-3-2-4-7-13;/h2*13-16,29-30H,1-12H3;2-11H,1H3;/q;;-1;. The van der Waals surface area contributed by atoms with Crippen molar-refractivity contribution in [2.75, 3.05) is 0 Å². The summed E-state index contributed by atoms with van der Waals surface area (Å²) in [5, 5.41) is 48.2.